The van der Waals surface area contributed by atoms with E-state index in [1.54, 1.807) is 11.3 Å². The van der Waals surface area contributed by atoms with E-state index in [-0.39, 0.29) is 0 Å². The Morgan fingerprint density at radius 2 is 2.28 bits per heavy atom. The van der Waals surface area contributed by atoms with Crippen molar-refractivity contribution < 1.29 is 4.52 Å². The lowest BCUT2D eigenvalue weighted by atomic mass is 10.3. The van der Waals surface area contributed by atoms with E-state index in [2.05, 4.69) is 42.5 Å². The fourth-order valence-corrected chi connectivity index (χ4v) is 2.77. The number of hydrogen-bond acceptors (Lipinski definition) is 6. The summed E-state index contributed by atoms with van der Waals surface area (Å²) in [5.74, 6) is 0.662. The van der Waals surface area contributed by atoms with E-state index in [1.165, 1.54) is 17.0 Å². The summed E-state index contributed by atoms with van der Waals surface area (Å²) in [7, 11) is 0. The number of hydrogen-bond donors (Lipinski definition) is 1. The molecule has 0 saturated carbocycles. The standard InChI is InChI=1S/C11H13N5OS/c1-7-5-16-9(8(2)14-11(16)18-7)3-12-4-10-13-6-17-15-10/h5-6,12H,3-4H2,1-2H3. The fraction of sp³-hybridized carbons (Fsp3) is 0.364. The van der Waals surface area contributed by atoms with Crippen LogP contribution in [-0.4, -0.2) is 19.5 Å². The predicted molar refractivity (Wildman–Crippen MR) is 67.4 cm³/mol. The second-order valence-corrected chi connectivity index (χ2v) is 5.30. The third-order valence-electron chi connectivity index (χ3n) is 2.72. The van der Waals surface area contributed by atoms with Gasteiger partial charge in [-0.15, -0.1) is 11.3 Å². The molecule has 1 N–H and O–H groups in total. The van der Waals surface area contributed by atoms with Crippen LogP contribution in [0.3, 0.4) is 0 Å². The number of thiazole rings is 1. The fourth-order valence-electron chi connectivity index (χ4n) is 1.89. The molecule has 0 aromatic carbocycles. The van der Waals surface area contributed by atoms with Gasteiger partial charge in [-0.05, 0) is 13.8 Å². The maximum atomic E-state index is 4.68. The Hall–Kier alpha value is -1.73. The summed E-state index contributed by atoms with van der Waals surface area (Å²) in [6.45, 7) is 5.44. The minimum Gasteiger partial charge on any atom is -0.343 e. The Balaban J connectivity index is 1.75. The van der Waals surface area contributed by atoms with Crippen molar-refractivity contribution in [1.82, 2.24) is 24.8 Å². The summed E-state index contributed by atoms with van der Waals surface area (Å²) in [5.41, 5.74) is 2.24. The zero-order valence-electron chi connectivity index (χ0n) is 10.2. The normalized spacial score (nSPS) is 11.4. The molecule has 0 amide bonds. The molecule has 0 unspecified atom stereocenters. The zero-order chi connectivity index (χ0) is 12.5. The Kier molecular flexibility index (Phi) is 2.85. The molecule has 0 aliphatic carbocycles. The van der Waals surface area contributed by atoms with Crippen molar-refractivity contribution in [2.45, 2.75) is 26.9 Å². The number of nitrogens with one attached hydrogen (secondary N) is 1. The number of rotatable bonds is 4. The number of fused-ring (bicyclic) bond motifs is 1. The molecule has 3 heterocycles. The number of nitrogens with zero attached hydrogens (tertiary/aromatic N) is 4. The van der Waals surface area contributed by atoms with E-state index in [1.807, 2.05) is 6.92 Å². The first-order valence-electron chi connectivity index (χ1n) is 5.64. The lowest BCUT2D eigenvalue weighted by molar-refractivity contribution is 0.407. The van der Waals surface area contributed by atoms with Gasteiger partial charge in [0.25, 0.3) is 0 Å². The van der Waals surface area contributed by atoms with E-state index in [0.717, 1.165) is 17.2 Å². The van der Waals surface area contributed by atoms with Crippen LogP contribution in [0.1, 0.15) is 22.1 Å². The summed E-state index contributed by atoms with van der Waals surface area (Å²) < 4.78 is 6.82. The Morgan fingerprint density at radius 3 is 3.06 bits per heavy atom. The second kappa shape index (κ2) is 4.51. The molecule has 3 aromatic heterocycles. The van der Waals surface area contributed by atoms with Gasteiger partial charge in [-0.1, -0.05) is 5.16 Å². The first kappa shape index (κ1) is 11.4. The lowest BCUT2D eigenvalue weighted by Crippen LogP contribution is -2.15. The van der Waals surface area contributed by atoms with Crippen LogP contribution in [-0.2, 0) is 13.1 Å². The number of imidazole rings is 1. The maximum absolute atomic E-state index is 4.68. The van der Waals surface area contributed by atoms with Crippen molar-refractivity contribution in [1.29, 1.82) is 0 Å². The van der Waals surface area contributed by atoms with Gasteiger partial charge in [0.15, 0.2) is 10.8 Å². The molecule has 6 nitrogen and oxygen atoms in total. The summed E-state index contributed by atoms with van der Waals surface area (Å²) in [5, 5.41) is 7.05. The first-order valence-corrected chi connectivity index (χ1v) is 6.45. The Bertz CT molecular complexity index is 654. The van der Waals surface area contributed by atoms with Crippen LogP contribution in [0.5, 0.6) is 0 Å². The maximum Gasteiger partial charge on any atom is 0.213 e. The molecule has 0 fully saturated rings. The van der Waals surface area contributed by atoms with Crippen LogP contribution in [0.25, 0.3) is 4.96 Å². The minimum atomic E-state index is 0.590. The smallest absolute Gasteiger partial charge is 0.213 e. The molecule has 3 rings (SSSR count). The van der Waals surface area contributed by atoms with Crippen molar-refractivity contribution in [3.05, 3.63) is 34.7 Å². The molecule has 0 atom stereocenters. The van der Waals surface area contributed by atoms with Gasteiger partial charge in [-0.3, -0.25) is 4.40 Å². The highest BCUT2D eigenvalue weighted by Crippen LogP contribution is 2.20. The van der Waals surface area contributed by atoms with E-state index >= 15 is 0 Å². The van der Waals surface area contributed by atoms with Gasteiger partial charge in [0.1, 0.15) is 0 Å². The molecule has 0 aliphatic rings. The summed E-state index contributed by atoms with van der Waals surface area (Å²) >= 11 is 1.70. The van der Waals surface area contributed by atoms with Gasteiger partial charge in [0.05, 0.1) is 17.9 Å². The van der Waals surface area contributed by atoms with Gasteiger partial charge < -0.3 is 9.84 Å². The third kappa shape index (κ3) is 2.02. The minimum absolute atomic E-state index is 0.590. The molecule has 94 valence electrons. The largest absolute Gasteiger partial charge is 0.343 e. The second-order valence-electron chi connectivity index (χ2n) is 4.09. The van der Waals surface area contributed by atoms with Gasteiger partial charge in [-0.2, -0.15) is 4.98 Å². The molecule has 3 aromatic rings. The van der Waals surface area contributed by atoms with Gasteiger partial charge >= 0.3 is 0 Å². The molecule has 7 heteroatoms. The highest BCUT2D eigenvalue weighted by molar-refractivity contribution is 7.17. The Labute approximate surface area is 108 Å². The number of aryl methyl sites for hydroxylation is 2. The van der Waals surface area contributed by atoms with Crippen molar-refractivity contribution in [2.75, 3.05) is 0 Å². The van der Waals surface area contributed by atoms with E-state index in [9.17, 15) is 0 Å². The molecule has 0 radical (unpaired) electrons. The van der Waals surface area contributed by atoms with Crippen molar-refractivity contribution in [3.63, 3.8) is 0 Å². The van der Waals surface area contributed by atoms with E-state index in [0.29, 0.717) is 12.4 Å². The monoisotopic (exact) mass is 263 g/mol. The van der Waals surface area contributed by atoms with Crippen LogP contribution in [0.2, 0.25) is 0 Å². The Morgan fingerprint density at radius 1 is 1.39 bits per heavy atom. The average molecular weight is 263 g/mol. The SMILES string of the molecule is Cc1cn2c(CNCc3ncon3)c(C)nc2s1. The molecule has 18 heavy (non-hydrogen) atoms. The van der Waals surface area contributed by atoms with Crippen LogP contribution in [0.4, 0.5) is 0 Å². The summed E-state index contributed by atoms with van der Waals surface area (Å²) in [6, 6.07) is 0. The van der Waals surface area contributed by atoms with Crippen molar-refractivity contribution in [2.24, 2.45) is 0 Å². The van der Waals surface area contributed by atoms with Crippen LogP contribution in [0.15, 0.2) is 17.1 Å². The number of aromatic nitrogens is 4. The topological polar surface area (TPSA) is 68.2 Å². The van der Waals surface area contributed by atoms with Gasteiger partial charge in [-0.25, -0.2) is 4.98 Å². The highest BCUT2D eigenvalue weighted by atomic mass is 32.1. The molecular weight excluding hydrogens is 250 g/mol. The van der Waals surface area contributed by atoms with Crippen LogP contribution >= 0.6 is 11.3 Å². The molecular formula is C11H13N5OS. The van der Waals surface area contributed by atoms with Gasteiger partial charge in [0.2, 0.25) is 6.39 Å². The van der Waals surface area contributed by atoms with Crippen LogP contribution < -0.4 is 5.32 Å². The summed E-state index contributed by atoms with van der Waals surface area (Å²) in [4.78, 5) is 10.8. The van der Waals surface area contributed by atoms with E-state index in [4.69, 9.17) is 0 Å². The third-order valence-corrected chi connectivity index (χ3v) is 3.62. The van der Waals surface area contributed by atoms with Crippen molar-refractivity contribution >= 4 is 16.3 Å². The molecule has 0 spiro atoms. The van der Waals surface area contributed by atoms with Crippen LogP contribution in [0, 0.1) is 13.8 Å². The predicted octanol–water partition coefficient (Wildman–Crippen LogP) is 1.69. The van der Waals surface area contributed by atoms with Gasteiger partial charge in [0, 0.05) is 17.6 Å². The molecule has 0 bridgehead atoms. The molecule has 0 saturated heterocycles. The zero-order valence-corrected chi connectivity index (χ0v) is 11.0. The molecule has 0 aliphatic heterocycles. The lowest BCUT2D eigenvalue weighted by Gasteiger charge is -2.02. The van der Waals surface area contributed by atoms with Crippen molar-refractivity contribution in [3.8, 4) is 0 Å². The van der Waals surface area contributed by atoms with E-state index < -0.39 is 0 Å². The first-order chi connectivity index (χ1) is 8.74. The quantitative estimate of drug-likeness (QED) is 0.775. The summed E-state index contributed by atoms with van der Waals surface area (Å²) in [6.07, 6.45) is 3.45. The average Bonchev–Trinajstić information content (AvgIpc) is 2.99. The highest BCUT2D eigenvalue weighted by Gasteiger charge is 2.10.